The Labute approximate surface area is 152 Å². The summed E-state index contributed by atoms with van der Waals surface area (Å²) in [6.45, 7) is 3.09. The van der Waals surface area contributed by atoms with Crippen molar-refractivity contribution in [2.75, 3.05) is 6.61 Å². The highest BCUT2D eigenvalue weighted by Crippen LogP contribution is 2.25. The van der Waals surface area contributed by atoms with Gasteiger partial charge >= 0.3 is 5.69 Å². The van der Waals surface area contributed by atoms with Gasteiger partial charge in [0.2, 0.25) is 5.82 Å². The average Bonchev–Trinajstić information content (AvgIpc) is 3.27. The SMILES string of the molecule is Cc1nn(C(C)c2nc(-c3ccc(OCC(N)=O)cc3)no2)cc1[N+](=O)[O-]. The number of rotatable bonds is 7. The summed E-state index contributed by atoms with van der Waals surface area (Å²) in [6, 6.07) is 6.24. The minimum absolute atomic E-state index is 0.0758. The van der Waals surface area contributed by atoms with Crippen molar-refractivity contribution < 1.29 is 19.0 Å². The Morgan fingerprint density at radius 2 is 2.11 bits per heavy atom. The summed E-state index contributed by atoms with van der Waals surface area (Å²) < 4.78 is 11.9. The Kier molecular flexibility index (Phi) is 4.83. The molecule has 0 aliphatic rings. The molecule has 1 amide bonds. The Bertz CT molecular complexity index is 978. The number of nitro groups is 1. The van der Waals surface area contributed by atoms with E-state index in [2.05, 4.69) is 15.2 Å². The number of benzene rings is 1. The van der Waals surface area contributed by atoms with E-state index in [-0.39, 0.29) is 18.2 Å². The number of carbonyl (C=O) groups is 1. The fourth-order valence-corrected chi connectivity index (χ4v) is 2.34. The van der Waals surface area contributed by atoms with Crippen LogP contribution in [-0.2, 0) is 4.79 Å². The van der Waals surface area contributed by atoms with Gasteiger partial charge in [0.1, 0.15) is 23.7 Å². The molecule has 0 fully saturated rings. The molecule has 0 aliphatic heterocycles. The van der Waals surface area contributed by atoms with Crippen LogP contribution in [0.1, 0.15) is 24.6 Å². The molecule has 2 heterocycles. The monoisotopic (exact) mass is 372 g/mol. The van der Waals surface area contributed by atoms with Gasteiger partial charge < -0.3 is 15.0 Å². The second-order valence-electron chi connectivity index (χ2n) is 5.75. The number of hydrogen-bond acceptors (Lipinski definition) is 8. The van der Waals surface area contributed by atoms with E-state index in [4.69, 9.17) is 15.0 Å². The van der Waals surface area contributed by atoms with Gasteiger partial charge in [0.25, 0.3) is 11.8 Å². The van der Waals surface area contributed by atoms with E-state index < -0.39 is 16.9 Å². The van der Waals surface area contributed by atoms with E-state index in [1.165, 1.54) is 10.9 Å². The summed E-state index contributed by atoms with van der Waals surface area (Å²) in [5.74, 6) is 0.520. The van der Waals surface area contributed by atoms with Crippen LogP contribution in [-0.4, -0.2) is 37.4 Å². The third-order valence-corrected chi connectivity index (χ3v) is 3.78. The fraction of sp³-hybridized carbons (Fsp3) is 0.250. The lowest BCUT2D eigenvalue weighted by Crippen LogP contribution is -2.19. The molecule has 1 atom stereocenters. The highest BCUT2D eigenvalue weighted by Gasteiger charge is 2.22. The quantitative estimate of drug-likeness (QED) is 0.485. The van der Waals surface area contributed by atoms with Crippen molar-refractivity contribution in [3.05, 3.63) is 52.2 Å². The second kappa shape index (κ2) is 7.23. The van der Waals surface area contributed by atoms with E-state index in [0.29, 0.717) is 22.8 Å². The Morgan fingerprint density at radius 3 is 2.70 bits per heavy atom. The van der Waals surface area contributed by atoms with Gasteiger partial charge in [-0.05, 0) is 38.1 Å². The maximum Gasteiger partial charge on any atom is 0.309 e. The molecule has 2 aromatic heterocycles. The molecule has 0 saturated carbocycles. The summed E-state index contributed by atoms with van der Waals surface area (Å²) in [4.78, 5) is 25.5. The smallest absolute Gasteiger partial charge is 0.309 e. The van der Waals surface area contributed by atoms with Gasteiger partial charge in [0, 0.05) is 5.56 Å². The second-order valence-corrected chi connectivity index (χ2v) is 5.75. The molecule has 0 bridgehead atoms. The maximum absolute atomic E-state index is 11.0. The van der Waals surface area contributed by atoms with Crippen LogP contribution in [0.3, 0.4) is 0 Å². The summed E-state index contributed by atoms with van der Waals surface area (Å²) in [5, 5.41) is 19.0. The standard InChI is InChI=1S/C16H16N6O5/c1-9-13(22(24)25)7-21(19-9)10(2)16-18-15(20-27-16)11-3-5-12(6-4-11)26-8-14(17)23/h3-7,10H,8H2,1-2H3,(H2,17,23). The van der Waals surface area contributed by atoms with Crippen LogP contribution in [0.15, 0.2) is 35.0 Å². The summed E-state index contributed by atoms with van der Waals surface area (Å²) in [5.41, 5.74) is 5.93. The lowest BCUT2D eigenvalue weighted by Gasteiger charge is -2.05. The van der Waals surface area contributed by atoms with Crippen LogP contribution >= 0.6 is 0 Å². The molecule has 140 valence electrons. The van der Waals surface area contributed by atoms with Gasteiger partial charge in [0.15, 0.2) is 6.61 Å². The van der Waals surface area contributed by atoms with Crippen LogP contribution < -0.4 is 10.5 Å². The Morgan fingerprint density at radius 1 is 1.41 bits per heavy atom. The van der Waals surface area contributed by atoms with E-state index in [0.717, 1.165) is 0 Å². The molecule has 1 unspecified atom stereocenters. The fourth-order valence-electron chi connectivity index (χ4n) is 2.34. The first kappa shape index (κ1) is 18.0. The first-order chi connectivity index (χ1) is 12.8. The van der Waals surface area contributed by atoms with Crippen LogP contribution in [0, 0.1) is 17.0 Å². The van der Waals surface area contributed by atoms with Crippen molar-refractivity contribution in [2.45, 2.75) is 19.9 Å². The average molecular weight is 372 g/mol. The number of hydrogen-bond donors (Lipinski definition) is 1. The Hall–Kier alpha value is -3.76. The first-order valence-corrected chi connectivity index (χ1v) is 7.90. The number of primary amides is 1. The third kappa shape index (κ3) is 3.92. The van der Waals surface area contributed by atoms with Crippen molar-refractivity contribution in [2.24, 2.45) is 5.73 Å². The van der Waals surface area contributed by atoms with Crippen LogP contribution in [0.25, 0.3) is 11.4 Å². The normalized spacial score (nSPS) is 11.9. The molecule has 0 saturated heterocycles. The molecule has 11 nitrogen and oxygen atoms in total. The molecular formula is C16H16N6O5. The van der Waals surface area contributed by atoms with Crippen LogP contribution in [0.2, 0.25) is 0 Å². The van der Waals surface area contributed by atoms with Gasteiger partial charge in [-0.1, -0.05) is 5.16 Å². The predicted octanol–water partition coefficient (Wildman–Crippen LogP) is 1.62. The molecular weight excluding hydrogens is 356 g/mol. The largest absolute Gasteiger partial charge is 0.484 e. The Balaban J connectivity index is 1.77. The summed E-state index contributed by atoms with van der Waals surface area (Å²) >= 11 is 0. The van der Waals surface area contributed by atoms with Gasteiger partial charge in [-0.2, -0.15) is 10.1 Å². The van der Waals surface area contributed by atoms with Crippen LogP contribution in [0.4, 0.5) is 5.69 Å². The zero-order valence-electron chi connectivity index (χ0n) is 14.5. The van der Waals surface area contributed by atoms with Crippen molar-refractivity contribution in [1.82, 2.24) is 19.9 Å². The lowest BCUT2D eigenvalue weighted by atomic mass is 10.2. The summed E-state index contributed by atoms with van der Waals surface area (Å²) in [7, 11) is 0. The molecule has 3 aromatic rings. The number of carbonyl (C=O) groups excluding carboxylic acids is 1. The lowest BCUT2D eigenvalue weighted by molar-refractivity contribution is -0.385. The van der Waals surface area contributed by atoms with Crippen molar-refractivity contribution >= 4 is 11.6 Å². The van der Waals surface area contributed by atoms with Gasteiger partial charge in [0.05, 0.1) is 4.92 Å². The molecule has 1 aromatic carbocycles. The zero-order chi connectivity index (χ0) is 19.6. The van der Waals surface area contributed by atoms with Crippen molar-refractivity contribution in [3.8, 4) is 17.1 Å². The topological polar surface area (TPSA) is 152 Å². The highest BCUT2D eigenvalue weighted by molar-refractivity contribution is 5.75. The maximum atomic E-state index is 11.0. The molecule has 27 heavy (non-hydrogen) atoms. The van der Waals surface area contributed by atoms with E-state index in [1.807, 2.05) is 0 Å². The highest BCUT2D eigenvalue weighted by atomic mass is 16.6. The molecule has 11 heteroatoms. The van der Waals surface area contributed by atoms with Crippen molar-refractivity contribution in [1.29, 1.82) is 0 Å². The first-order valence-electron chi connectivity index (χ1n) is 7.90. The zero-order valence-corrected chi connectivity index (χ0v) is 14.5. The molecule has 0 spiro atoms. The number of nitrogens with two attached hydrogens (primary N) is 1. The number of aryl methyl sites for hydroxylation is 1. The minimum Gasteiger partial charge on any atom is -0.484 e. The van der Waals surface area contributed by atoms with Crippen molar-refractivity contribution in [3.63, 3.8) is 0 Å². The molecule has 2 N–H and O–H groups in total. The number of aromatic nitrogens is 4. The molecule has 0 aliphatic carbocycles. The number of amides is 1. The van der Waals surface area contributed by atoms with Crippen LogP contribution in [0.5, 0.6) is 5.75 Å². The molecule has 3 rings (SSSR count). The van der Waals surface area contributed by atoms with E-state index >= 15 is 0 Å². The third-order valence-electron chi connectivity index (χ3n) is 3.78. The van der Waals surface area contributed by atoms with Gasteiger partial charge in [-0.15, -0.1) is 0 Å². The van der Waals surface area contributed by atoms with Gasteiger partial charge in [-0.25, -0.2) is 0 Å². The van der Waals surface area contributed by atoms with Gasteiger partial charge in [-0.3, -0.25) is 19.6 Å². The summed E-state index contributed by atoms with van der Waals surface area (Å²) in [6.07, 6.45) is 1.33. The van der Waals surface area contributed by atoms with E-state index in [1.54, 1.807) is 38.1 Å². The molecule has 0 radical (unpaired) electrons. The number of ether oxygens (including phenoxy) is 1. The number of nitrogens with zero attached hydrogens (tertiary/aromatic N) is 5. The predicted molar refractivity (Wildman–Crippen MR) is 91.9 cm³/mol. The minimum atomic E-state index is -0.565. The van der Waals surface area contributed by atoms with E-state index in [9.17, 15) is 14.9 Å².